The molecular formula is C22H34N6O2. The molecule has 8 heteroatoms. The summed E-state index contributed by atoms with van der Waals surface area (Å²) in [5.74, 6) is 1.72. The maximum atomic E-state index is 5.71. The molecule has 0 radical (unpaired) electrons. The number of methoxy groups -OCH3 is 2. The summed E-state index contributed by atoms with van der Waals surface area (Å²) in [6, 6.07) is 8.94. The fourth-order valence-corrected chi connectivity index (χ4v) is 4.94. The fourth-order valence-electron chi connectivity index (χ4n) is 4.94. The second kappa shape index (κ2) is 10.3. The van der Waals surface area contributed by atoms with Crippen LogP contribution in [-0.2, 0) is 11.3 Å². The molecule has 1 saturated heterocycles. The minimum absolute atomic E-state index is 0.0403. The molecule has 0 bridgehead atoms. The van der Waals surface area contributed by atoms with E-state index in [-0.39, 0.29) is 6.04 Å². The van der Waals surface area contributed by atoms with Crippen molar-refractivity contribution in [2.75, 3.05) is 47.0 Å². The number of tetrazole rings is 1. The van der Waals surface area contributed by atoms with Gasteiger partial charge in [-0.15, -0.1) is 5.10 Å². The summed E-state index contributed by atoms with van der Waals surface area (Å²) in [5, 5.41) is 12.7. The van der Waals surface area contributed by atoms with Gasteiger partial charge in [-0.25, -0.2) is 4.68 Å². The van der Waals surface area contributed by atoms with Gasteiger partial charge >= 0.3 is 0 Å². The van der Waals surface area contributed by atoms with E-state index in [0.29, 0.717) is 13.2 Å². The van der Waals surface area contributed by atoms with Crippen LogP contribution in [-0.4, -0.2) is 83.1 Å². The van der Waals surface area contributed by atoms with Gasteiger partial charge in [0.1, 0.15) is 11.8 Å². The lowest BCUT2D eigenvalue weighted by molar-refractivity contribution is 0.0610. The summed E-state index contributed by atoms with van der Waals surface area (Å²) in [7, 11) is 3.43. The smallest absolute Gasteiger partial charge is 0.173 e. The molecule has 1 aromatic carbocycles. The predicted octanol–water partition coefficient (Wildman–Crippen LogP) is 2.37. The normalized spacial score (nSPS) is 20.3. The molecule has 1 aliphatic carbocycles. The molecule has 1 atom stereocenters. The van der Waals surface area contributed by atoms with Crippen molar-refractivity contribution in [2.24, 2.45) is 0 Å². The zero-order chi connectivity index (χ0) is 20.8. The Morgan fingerprint density at radius 1 is 1.03 bits per heavy atom. The molecule has 2 aliphatic rings. The number of rotatable bonds is 8. The van der Waals surface area contributed by atoms with Crippen molar-refractivity contribution in [1.82, 2.24) is 30.0 Å². The van der Waals surface area contributed by atoms with Crippen molar-refractivity contribution in [1.29, 1.82) is 0 Å². The van der Waals surface area contributed by atoms with E-state index in [9.17, 15) is 0 Å². The van der Waals surface area contributed by atoms with Gasteiger partial charge in [-0.3, -0.25) is 9.80 Å². The monoisotopic (exact) mass is 414 g/mol. The number of hydrogen-bond acceptors (Lipinski definition) is 7. The predicted molar refractivity (Wildman–Crippen MR) is 115 cm³/mol. The third-order valence-electron chi connectivity index (χ3n) is 6.55. The molecule has 2 heterocycles. The molecule has 1 unspecified atom stereocenters. The average molecular weight is 415 g/mol. The third-order valence-corrected chi connectivity index (χ3v) is 6.55. The number of aromatic nitrogens is 4. The van der Waals surface area contributed by atoms with Crippen LogP contribution in [0.15, 0.2) is 24.3 Å². The van der Waals surface area contributed by atoms with Crippen molar-refractivity contribution in [3.63, 3.8) is 0 Å². The van der Waals surface area contributed by atoms with E-state index >= 15 is 0 Å². The summed E-state index contributed by atoms with van der Waals surface area (Å²) >= 11 is 0. The van der Waals surface area contributed by atoms with Gasteiger partial charge in [0.25, 0.3) is 0 Å². The van der Waals surface area contributed by atoms with Gasteiger partial charge in [-0.05, 0) is 29.3 Å². The highest BCUT2D eigenvalue weighted by molar-refractivity contribution is 5.39. The molecule has 4 rings (SSSR count). The lowest BCUT2D eigenvalue weighted by Gasteiger charge is -2.43. The van der Waals surface area contributed by atoms with E-state index in [1.807, 2.05) is 16.8 Å². The Hall–Kier alpha value is -2.03. The Balaban J connectivity index is 1.58. The second-order valence-corrected chi connectivity index (χ2v) is 8.26. The molecule has 0 amide bonds. The molecule has 0 spiro atoms. The van der Waals surface area contributed by atoms with Crippen LogP contribution in [0.5, 0.6) is 5.75 Å². The number of nitrogens with zero attached hydrogens (tertiary/aromatic N) is 6. The maximum absolute atomic E-state index is 5.71. The Bertz CT molecular complexity index is 783. The Labute approximate surface area is 179 Å². The summed E-state index contributed by atoms with van der Waals surface area (Å²) in [5.41, 5.74) is 1.11. The van der Waals surface area contributed by atoms with Crippen LogP contribution >= 0.6 is 0 Å². The van der Waals surface area contributed by atoms with Gasteiger partial charge < -0.3 is 9.47 Å². The van der Waals surface area contributed by atoms with Crippen LogP contribution in [0.1, 0.15) is 49.5 Å². The highest BCUT2D eigenvalue weighted by atomic mass is 16.5. The summed E-state index contributed by atoms with van der Waals surface area (Å²) in [6.07, 6.45) is 6.86. The molecule has 2 aromatic rings. The third kappa shape index (κ3) is 4.66. The Morgan fingerprint density at radius 3 is 2.53 bits per heavy atom. The van der Waals surface area contributed by atoms with Crippen molar-refractivity contribution in [3.05, 3.63) is 35.7 Å². The molecule has 0 N–H and O–H groups in total. The molecule has 2 fully saturated rings. The van der Waals surface area contributed by atoms with Gasteiger partial charge in [-0.2, -0.15) is 0 Å². The summed E-state index contributed by atoms with van der Waals surface area (Å²) in [4.78, 5) is 5.20. The fraction of sp³-hybridized carbons (Fsp3) is 0.682. The maximum Gasteiger partial charge on any atom is 0.173 e. The Kier molecular flexibility index (Phi) is 7.30. The second-order valence-electron chi connectivity index (χ2n) is 8.26. The van der Waals surface area contributed by atoms with Gasteiger partial charge in [0.15, 0.2) is 5.82 Å². The molecule has 1 aliphatic heterocycles. The van der Waals surface area contributed by atoms with E-state index in [1.165, 1.54) is 32.1 Å². The Morgan fingerprint density at radius 2 is 1.80 bits per heavy atom. The first-order valence-electron chi connectivity index (χ1n) is 11.2. The van der Waals surface area contributed by atoms with Crippen molar-refractivity contribution in [3.8, 4) is 5.75 Å². The zero-order valence-corrected chi connectivity index (χ0v) is 18.2. The van der Waals surface area contributed by atoms with E-state index in [1.54, 1.807) is 14.2 Å². The number of para-hydroxylation sites is 1. The minimum Gasteiger partial charge on any atom is -0.496 e. The van der Waals surface area contributed by atoms with Crippen LogP contribution < -0.4 is 4.74 Å². The topological polar surface area (TPSA) is 68.5 Å². The van der Waals surface area contributed by atoms with E-state index in [2.05, 4.69) is 37.5 Å². The molecule has 1 saturated carbocycles. The van der Waals surface area contributed by atoms with E-state index < -0.39 is 0 Å². The SMILES string of the molecule is COCCn1nnnc1C(c1ccccc1OC)N1CCN(C2CCCCC2)CC1. The largest absolute Gasteiger partial charge is 0.496 e. The lowest BCUT2D eigenvalue weighted by Crippen LogP contribution is -2.52. The first-order chi connectivity index (χ1) is 14.8. The highest BCUT2D eigenvalue weighted by Crippen LogP contribution is 2.34. The van der Waals surface area contributed by atoms with Crippen molar-refractivity contribution < 1.29 is 9.47 Å². The van der Waals surface area contributed by atoms with Crippen LogP contribution in [0.2, 0.25) is 0 Å². The average Bonchev–Trinajstić information content (AvgIpc) is 3.27. The van der Waals surface area contributed by atoms with E-state index in [4.69, 9.17) is 9.47 Å². The van der Waals surface area contributed by atoms with Gasteiger partial charge in [0.05, 0.1) is 20.3 Å². The van der Waals surface area contributed by atoms with Crippen molar-refractivity contribution in [2.45, 2.75) is 50.7 Å². The van der Waals surface area contributed by atoms with Crippen molar-refractivity contribution >= 4 is 0 Å². The quantitative estimate of drug-likeness (QED) is 0.657. The zero-order valence-electron chi connectivity index (χ0n) is 18.2. The van der Waals surface area contributed by atoms with Gasteiger partial charge in [-0.1, -0.05) is 37.5 Å². The standard InChI is InChI=1S/C22H34N6O2/c1-29-17-16-28-22(23-24-25-28)21(19-10-6-7-11-20(19)30-2)27-14-12-26(13-15-27)18-8-4-3-5-9-18/h6-7,10-11,18,21H,3-5,8-9,12-17H2,1-2H3. The summed E-state index contributed by atoms with van der Waals surface area (Å²) in [6.45, 7) is 5.39. The highest BCUT2D eigenvalue weighted by Gasteiger charge is 2.34. The molecule has 1 aromatic heterocycles. The van der Waals surface area contributed by atoms with Crippen LogP contribution in [0.4, 0.5) is 0 Å². The van der Waals surface area contributed by atoms with Crippen LogP contribution in [0.3, 0.4) is 0 Å². The number of benzene rings is 1. The minimum atomic E-state index is -0.0403. The number of ether oxygens (including phenoxy) is 2. The number of hydrogen-bond donors (Lipinski definition) is 0. The molecular weight excluding hydrogens is 380 g/mol. The first-order valence-corrected chi connectivity index (χ1v) is 11.2. The molecule has 30 heavy (non-hydrogen) atoms. The van der Waals surface area contributed by atoms with Crippen LogP contribution in [0.25, 0.3) is 0 Å². The summed E-state index contributed by atoms with van der Waals surface area (Å²) < 4.78 is 12.8. The molecule has 164 valence electrons. The first kappa shape index (κ1) is 21.2. The van der Waals surface area contributed by atoms with E-state index in [0.717, 1.165) is 49.4 Å². The van der Waals surface area contributed by atoms with Gasteiger partial charge in [0, 0.05) is 44.9 Å². The number of piperazine rings is 1. The lowest BCUT2D eigenvalue weighted by atomic mass is 9.93. The van der Waals surface area contributed by atoms with Crippen LogP contribution in [0, 0.1) is 0 Å². The van der Waals surface area contributed by atoms with Gasteiger partial charge in [0.2, 0.25) is 0 Å². The molecule has 8 nitrogen and oxygen atoms in total.